The molecule has 0 atom stereocenters. The number of hydrogen-bond donors (Lipinski definition) is 2. The summed E-state index contributed by atoms with van der Waals surface area (Å²) in [7, 11) is 0. The first-order valence-electron chi connectivity index (χ1n) is 7.08. The SMILES string of the molecule is Cc1noc(C)c1CNCC(=O)NC1CCCCC1. The number of nitrogens with zero attached hydrogens (tertiary/aromatic N) is 1. The molecule has 1 fully saturated rings. The van der Waals surface area contributed by atoms with Gasteiger partial charge in [-0.1, -0.05) is 24.4 Å². The third-order valence-corrected chi connectivity index (χ3v) is 3.74. The zero-order chi connectivity index (χ0) is 13.7. The van der Waals surface area contributed by atoms with E-state index in [0.717, 1.165) is 29.9 Å². The van der Waals surface area contributed by atoms with Gasteiger partial charge in [0.05, 0.1) is 12.2 Å². The predicted octanol–water partition coefficient (Wildman–Crippen LogP) is 1.83. The molecule has 0 spiro atoms. The Labute approximate surface area is 114 Å². The van der Waals surface area contributed by atoms with Gasteiger partial charge in [0, 0.05) is 18.2 Å². The van der Waals surface area contributed by atoms with Gasteiger partial charge >= 0.3 is 0 Å². The van der Waals surface area contributed by atoms with Crippen molar-refractivity contribution in [2.45, 2.75) is 58.5 Å². The lowest BCUT2D eigenvalue weighted by atomic mass is 9.95. The van der Waals surface area contributed by atoms with E-state index in [2.05, 4.69) is 15.8 Å². The molecule has 1 saturated carbocycles. The first-order valence-corrected chi connectivity index (χ1v) is 7.08. The minimum absolute atomic E-state index is 0.0821. The Morgan fingerprint density at radius 2 is 2.05 bits per heavy atom. The fourth-order valence-electron chi connectivity index (χ4n) is 2.58. The van der Waals surface area contributed by atoms with Crippen LogP contribution in [0, 0.1) is 13.8 Å². The fraction of sp³-hybridized carbons (Fsp3) is 0.714. The van der Waals surface area contributed by atoms with E-state index in [-0.39, 0.29) is 5.91 Å². The highest BCUT2D eigenvalue weighted by molar-refractivity contribution is 5.78. The Morgan fingerprint density at radius 3 is 2.68 bits per heavy atom. The van der Waals surface area contributed by atoms with E-state index in [1.54, 1.807) is 0 Å². The van der Waals surface area contributed by atoms with E-state index < -0.39 is 0 Å². The monoisotopic (exact) mass is 265 g/mol. The number of rotatable bonds is 5. The molecule has 19 heavy (non-hydrogen) atoms. The molecule has 2 rings (SSSR count). The van der Waals surface area contributed by atoms with Gasteiger partial charge in [-0.3, -0.25) is 4.79 Å². The molecule has 2 N–H and O–H groups in total. The van der Waals surface area contributed by atoms with Crippen LogP contribution in [-0.4, -0.2) is 23.7 Å². The Morgan fingerprint density at radius 1 is 1.32 bits per heavy atom. The highest BCUT2D eigenvalue weighted by atomic mass is 16.5. The summed E-state index contributed by atoms with van der Waals surface area (Å²) < 4.78 is 5.08. The van der Waals surface area contributed by atoms with E-state index in [4.69, 9.17) is 4.52 Å². The number of carbonyl (C=O) groups is 1. The molecule has 1 amide bonds. The van der Waals surface area contributed by atoms with Crippen LogP contribution in [0.1, 0.15) is 49.1 Å². The van der Waals surface area contributed by atoms with Gasteiger partial charge in [0.1, 0.15) is 5.76 Å². The second kappa shape index (κ2) is 6.70. The van der Waals surface area contributed by atoms with Crippen LogP contribution < -0.4 is 10.6 Å². The van der Waals surface area contributed by atoms with Crippen molar-refractivity contribution in [2.75, 3.05) is 6.54 Å². The van der Waals surface area contributed by atoms with Crippen LogP contribution in [0.5, 0.6) is 0 Å². The molecule has 0 unspecified atom stereocenters. The van der Waals surface area contributed by atoms with E-state index in [1.807, 2.05) is 13.8 Å². The van der Waals surface area contributed by atoms with Gasteiger partial charge in [-0.05, 0) is 26.7 Å². The van der Waals surface area contributed by atoms with Gasteiger partial charge in [0.2, 0.25) is 5.91 Å². The van der Waals surface area contributed by atoms with Crippen LogP contribution in [-0.2, 0) is 11.3 Å². The third-order valence-electron chi connectivity index (χ3n) is 3.74. The minimum atomic E-state index is 0.0821. The van der Waals surface area contributed by atoms with Crippen molar-refractivity contribution in [3.05, 3.63) is 17.0 Å². The number of aryl methyl sites for hydroxylation is 2. The topological polar surface area (TPSA) is 67.2 Å². The summed E-state index contributed by atoms with van der Waals surface area (Å²) in [6, 6.07) is 0.377. The molecule has 0 aliphatic heterocycles. The zero-order valence-corrected chi connectivity index (χ0v) is 11.8. The lowest BCUT2D eigenvalue weighted by Crippen LogP contribution is -2.41. The minimum Gasteiger partial charge on any atom is -0.361 e. The van der Waals surface area contributed by atoms with E-state index >= 15 is 0 Å². The van der Waals surface area contributed by atoms with Crippen molar-refractivity contribution >= 4 is 5.91 Å². The molecule has 1 aromatic heterocycles. The Kier molecular flexibility index (Phi) is 4.96. The molecule has 0 saturated heterocycles. The van der Waals surface area contributed by atoms with E-state index in [9.17, 15) is 4.79 Å². The predicted molar refractivity (Wildman–Crippen MR) is 72.7 cm³/mol. The molecular formula is C14H23N3O2. The van der Waals surface area contributed by atoms with Gasteiger partial charge in [-0.2, -0.15) is 0 Å². The fourth-order valence-corrected chi connectivity index (χ4v) is 2.58. The Bertz CT molecular complexity index is 403. The maximum Gasteiger partial charge on any atom is 0.234 e. The van der Waals surface area contributed by atoms with Crippen LogP contribution >= 0.6 is 0 Å². The van der Waals surface area contributed by atoms with E-state index in [0.29, 0.717) is 19.1 Å². The summed E-state index contributed by atoms with van der Waals surface area (Å²) in [5.74, 6) is 0.899. The van der Waals surface area contributed by atoms with Crippen LogP contribution in [0.25, 0.3) is 0 Å². The standard InChI is InChI=1S/C14H23N3O2/c1-10-13(11(2)19-17-10)8-15-9-14(18)16-12-6-4-3-5-7-12/h12,15H,3-9H2,1-2H3,(H,16,18). The highest BCUT2D eigenvalue weighted by Gasteiger charge is 2.15. The van der Waals surface area contributed by atoms with Crippen molar-refractivity contribution in [1.82, 2.24) is 15.8 Å². The smallest absolute Gasteiger partial charge is 0.234 e. The number of amides is 1. The van der Waals surface area contributed by atoms with Gasteiger partial charge in [0.25, 0.3) is 0 Å². The maximum atomic E-state index is 11.8. The number of hydrogen-bond acceptors (Lipinski definition) is 4. The first kappa shape index (κ1) is 14.1. The van der Waals surface area contributed by atoms with Crippen LogP contribution in [0.3, 0.4) is 0 Å². The summed E-state index contributed by atoms with van der Waals surface area (Å²) in [6.07, 6.45) is 6.01. The summed E-state index contributed by atoms with van der Waals surface area (Å²) >= 11 is 0. The van der Waals surface area contributed by atoms with Gasteiger partial charge in [0.15, 0.2) is 0 Å². The van der Waals surface area contributed by atoms with E-state index in [1.165, 1.54) is 19.3 Å². The lowest BCUT2D eigenvalue weighted by Gasteiger charge is -2.22. The van der Waals surface area contributed by atoms with Crippen LogP contribution in [0.15, 0.2) is 4.52 Å². The Balaban J connectivity index is 1.69. The molecule has 0 aromatic carbocycles. The number of aromatic nitrogens is 1. The lowest BCUT2D eigenvalue weighted by molar-refractivity contribution is -0.121. The third kappa shape index (κ3) is 4.06. The summed E-state index contributed by atoms with van der Waals surface area (Å²) in [5, 5.41) is 10.1. The van der Waals surface area contributed by atoms with Crippen molar-refractivity contribution < 1.29 is 9.32 Å². The Hall–Kier alpha value is -1.36. The van der Waals surface area contributed by atoms with Crippen LogP contribution in [0.2, 0.25) is 0 Å². The molecule has 0 bridgehead atoms. The summed E-state index contributed by atoms with van der Waals surface area (Å²) in [4.78, 5) is 11.8. The number of nitrogens with one attached hydrogen (secondary N) is 2. The normalized spacial score (nSPS) is 16.5. The molecule has 5 nitrogen and oxygen atoms in total. The number of carbonyl (C=O) groups excluding carboxylic acids is 1. The van der Waals surface area contributed by atoms with Crippen molar-refractivity contribution in [1.29, 1.82) is 0 Å². The molecule has 1 aliphatic rings. The average molecular weight is 265 g/mol. The summed E-state index contributed by atoms with van der Waals surface area (Å²) in [5.41, 5.74) is 1.93. The molecule has 0 radical (unpaired) electrons. The molecular weight excluding hydrogens is 242 g/mol. The summed E-state index contributed by atoms with van der Waals surface area (Å²) in [6.45, 7) is 4.77. The maximum absolute atomic E-state index is 11.8. The second-order valence-electron chi connectivity index (χ2n) is 5.31. The van der Waals surface area contributed by atoms with Gasteiger partial charge in [-0.25, -0.2) is 0 Å². The highest BCUT2D eigenvalue weighted by Crippen LogP contribution is 2.17. The molecule has 106 valence electrons. The molecule has 1 aromatic rings. The quantitative estimate of drug-likeness (QED) is 0.852. The second-order valence-corrected chi connectivity index (χ2v) is 5.31. The van der Waals surface area contributed by atoms with Gasteiger partial charge < -0.3 is 15.2 Å². The van der Waals surface area contributed by atoms with Crippen molar-refractivity contribution in [3.63, 3.8) is 0 Å². The molecule has 5 heteroatoms. The average Bonchev–Trinajstić information content (AvgIpc) is 2.71. The largest absolute Gasteiger partial charge is 0.361 e. The van der Waals surface area contributed by atoms with Gasteiger partial charge in [-0.15, -0.1) is 0 Å². The van der Waals surface area contributed by atoms with Crippen molar-refractivity contribution in [3.8, 4) is 0 Å². The van der Waals surface area contributed by atoms with Crippen LogP contribution in [0.4, 0.5) is 0 Å². The van der Waals surface area contributed by atoms with Crippen molar-refractivity contribution in [2.24, 2.45) is 0 Å². The zero-order valence-electron chi connectivity index (χ0n) is 11.8. The first-order chi connectivity index (χ1) is 9.16. The molecule has 1 heterocycles. The molecule has 1 aliphatic carbocycles.